The quantitative estimate of drug-likeness (QED) is 0.240. The number of hydrazone groups is 1. The van der Waals surface area contributed by atoms with Crippen molar-refractivity contribution in [1.29, 1.82) is 0 Å². The highest BCUT2D eigenvalue weighted by molar-refractivity contribution is 5.97. The average molecular weight is 445 g/mol. The van der Waals surface area contributed by atoms with E-state index in [1.54, 1.807) is 67.8 Å². The zero-order chi connectivity index (χ0) is 23.6. The van der Waals surface area contributed by atoms with Crippen LogP contribution in [-0.4, -0.2) is 37.7 Å². The minimum atomic E-state index is -0.487. The molecule has 0 unspecified atom stereocenters. The van der Waals surface area contributed by atoms with Gasteiger partial charge in [-0.05, 0) is 72.6 Å². The van der Waals surface area contributed by atoms with Crippen LogP contribution in [-0.2, 0) is 4.79 Å². The van der Waals surface area contributed by atoms with Crippen LogP contribution in [0.4, 0.5) is 0 Å². The Morgan fingerprint density at radius 3 is 2.24 bits per heavy atom. The molecule has 0 fully saturated rings. The van der Waals surface area contributed by atoms with Crippen LogP contribution in [0, 0.1) is 6.92 Å². The van der Waals surface area contributed by atoms with Crippen LogP contribution in [0.2, 0.25) is 0 Å². The number of aryl methyl sites for hydroxylation is 1. The summed E-state index contributed by atoms with van der Waals surface area (Å²) in [7, 11) is 1.55. The van der Waals surface area contributed by atoms with Crippen LogP contribution in [0.5, 0.6) is 11.5 Å². The van der Waals surface area contributed by atoms with Crippen molar-refractivity contribution in [3.63, 3.8) is 0 Å². The number of amides is 2. The first-order chi connectivity index (χ1) is 16.0. The van der Waals surface area contributed by atoms with Crippen molar-refractivity contribution in [2.75, 3.05) is 13.7 Å². The maximum Gasteiger partial charge on any atom is 0.343 e. The number of carbonyl (C=O) groups is 3. The van der Waals surface area contributed by atoms with Gasteiger partial charge >= 0.3 is 5.97 Å². The number of ether oxygens (including phenoxy) is 2. The smallest absolute Gasteiger partial charge is 0.343 e. The number of methoxy groups -OCH3 is 1. The molecule has 0 saturated heterocycles. The Morgan fingerprint density at radius 2 is 1.58 bits per heavy atom. The van der Waals surface area contributed by atoms with Crippen molar-refractivity contribution in [2.24, 2.45) is 5.10 Å². The fourth-order valence-electron chi connectivity index (χ4n) is 2.82. The van der Waals surface area contributed by atoms with E-state index in [9.17, 15) is 14.4 Å². The maximum atomic E-state index is 12.2. The van der Waals surface area contributed by atoms with Gasteiger partial charge in [0.05, 0.1) is 25.4 Å². The fourth-order valence-corrected chi connectivity index (χ4v) is 2.82. The highest BCUT2D eigenvalue weighted by Crippen LogP contribution is 2.16. The summed E-state index contributed by atoms with van der Waals surface area (Å²) in [5, 5.41) is 6.42. The Kier molecular flexibility index (Phi) is 7.91. The topological polar surface area (TPSA) is 106 Å². The van der Waals surface area contributed by atoms with E-state index in [-0.39, 0.29) is 12.5 Å². The minimum Gasteiger partial charge on any atom is -0.497 e. The fraction of sp³-hybridized carbons (Fsp3) is 0.120. The molecule has 3 aromatic rings. The Bertz CT molecular complexity index is 1160. The normalized spacial score (nSPS) is 10.5. The zero-order valence-corrected chi connectivity index (χ0v) is 18.2. The van der Waals surface area contributed by atoms with Gasteiger partial charge in [0.1, 0.15) is 11.5 Å². The van der Waals surface area contributed by atoms with Gasteiger partial charge in [0.25, 0.3) is 11.8 Å². The van der Waals surface area contributed by atoms with Crippen LogP contribution in [0.25, 0.3) is 0 Å². The summed E-state index contributed by atoms with van der Waals surface area (Å²) in [5.41, 5.74) is 4.78. The lowest BCUT2D eigenvalue weighted by atomic mass is 10.1. The first-order valence-electron chi connectivity index (χ1n) is 10.1. The molecule has 0 saturated carbocycles. The third-order valence-electron chi connectivity index (χ3n) is 4.62. The Hall–Kier alpha value is -4.46. The highest BCUT2D eigenvalue weighted by Gasteiger charge is 2.10. The SMILES string of the molecule is COc1ccc(C(=O)Oc2ccc(/C=N\NC(=O)CNC(=O)c3ccccc3C)cc2)cc1. The maximum absolute atomic E-state index is 12.2. The molecule has 2 amide bonds. The van der Waals surface area contributed by atoms with E-state index in [1.807, 2.05) is 19.1 Å². The van der Waals surface area contributed by atoms with E-state index in [4.69, 9.17) is 9.47 Å². The van der Waals surface area contributed by atoms with Gasteiger partial charge in [-0.1, -0.05) is 18.2 Å². The largest absolute Gasteiger partial charge is 0.497 e. The summed E-state index contributed by atoms with van der Waals surface area (Å²) in [6.45, 7) is 1.62. The molecule has 0 radical (unpaired) electrons. The van der Waals surface area contributed by atoms with Crippen molar-refractivity contribution >= 4 is 24.0 Å². The molecule has 0 spiro atoms. The summed E-state index contributed by atoms with van der Waals surface area (Å²) in [4.78, 5) is 36.2. The number of hydrogen-bond donors (Lipinski definition) is 2. The second kappa shape index (κ2) is 11.2. The Morgan fingerprint density at radius 1 is 0.909 bits per heavy atom. The standard InChI is InChI=1S/C25H23N3O5/c1-17-5-3-4-6-22(17)24(30)26-16-23(29)28-27-15-18-7-11-21(12-8-18)33-25(31)19-9-13-20(32-2)14-10-19/h3-15H,16H2,1-2H3,(H,26,30)(H,28,29)/b27-15-. The number of esters is 1. The van der Waals surface area contributed by atoms with Crippen molar-refractivity contribution in [3.8, 4) is 11.5 Å². The summed E-state index contributed by atoms with van der Waals surface area (Å²) in [5.74, 6) is -0.254. The van der Waals surface area contributed by atoms with Gasteiger partial charge in [-0.25, -0.2) is 10.2 Å². The van der Waals surface area contributed by atoms with Crippen LogP contribution < -0.4 is 20.2 Å². The summed E-state index contributed by atoms with van der Waals surface area (Å²) < 4.78 is 10.4. The molecule has 33 heavy (non-hydrogen) atoms. The van der Waals surface area contributed by atoms with Gasteiger partial charge in [-0.3, -0.25) is 9.59 Å². The molecular weight excluding hydrogens is 422 g/mol. The molecule has 2 N–H and O–H groups in total. The molecular formula is C25H23N3O5. The monoisotopic (exact) mass is 445 g/mol. The number of hydrogen-bond acceptors (Lipinski definition) is 6. The molecule has 8 nitrogen and oxygen atoms in total. The number of nitrogens with zero attached hydrogens (tertiary/aromatic N) is 1. The van der Waals surface area contributed by atoms with Gasteiger partial charge in [-0.2, -0.15) is 5.10 Å². The first-order valence-corrected chi connectivity index (χ1v) is 10.1. The average Bonchev–Trinajstić information content (AvgIpc) is 2.84. The van der Waals surface area contributed by atoms with Gasteiger partial charge in [-0.15, -0.1) is 0 Å². The van der Waals surface area contributed by atoms with Crippen molar-refractivity contribution < 1.29 is 23.9 Å². The van der Waals surface area contributed by atoms with E-state index in [2.05, 4.69) is 15.8 Å². The van der Waals surface area contributed by atoms with E-state index in [1.165, 1.54) is 6.21 Å². The molecule has 0 aliphatic carbocycles. The van der Waals surface area contributed by atoms with Crippen molar-refractivity contribution in [2.45, 2.75) is 6.92 Å². The Balaban J connectivity index is 1.45. The summed E-state index contributed by atoms with van der Waals surface area (Å²) in [6.07, 6.45) is 1.44. The molecule has 0 aromatic heterocycles. The van der Waals surface area contributed by atoms with E-state index in [0.29, 0.717) is 28.2 Å². The predicted octanol–water partition coefficient (Wildman–Crippen LogP) is 3.10. The number of benzene rings is 3. The lowest BCUT2D eigenvalue weighted by Gasteiger charge is -2.06. The molecule has 0 aliphatic heterocycles. The summed E-state index contributed by atoms with van der Waals surface area (Å²) >= 11 is 0. The van der Waals surface area contributed by atoms with Crippen LogP contribution in [0.15, 0.2) is 77.9 Å². The van der Waals surface area contributed by atoms with Gasteiger partial charge in [0, 0.05) is 5.56 Å². The zero-order valence-electron chi connectivity index (χ0n) is 18.2. The first kappa shape index (κ1) is 23.2. The lowest BCUT2D eigenvalue weighted by Crippen LogP contribution is -2.35. The molecule has 0 heterocycles. The van der Waals surface area contributed by atoms with E-state index >= 15 is 0 Å². The molecule has 0 aliphatic rings. The van der Waals surface area contributed by atoms with Crippen LogP contribution >= 0.6 is 0 Å². The highest BCUT2D eigenvalue weighted by atomic mass is 16.5. The number of nitrogens with one attached hydrogen (secondary N) is 2. The number of rotatable bonds is 8. The number of carbonyl (C=O) groups excluding carboxylic acids is 3. The molecule has 168 valence electrons. The summed E-state index contributed by atoms with van der Waals surface area (Å²) in [6, 6.07) is 20.3. The van der Waals surface area contributed by atoms with Crippen molar-refractivity contribution in [3.05, 3.63) is 95.1 Å². The second-order valence-electron chi connectivity index (χ2n) is 6.98. The van der Waals surface area contributed by atoms with Crippen LogP contribution in [0.3, 0.4) is 0 Å². The molecule has 3 aromatic carbocycles. The Labute approximate surface area is 191 Å². The van der Waals surface area contributed by atoms with E-state index in [0.717, 1.165) is 5.56 Å². The molecule has 0 bridgehead atoms. The van der Waals surface area contributed by atoms with Crippen LogP contribution in [0.1, 0.15) is 31.8 Å². The molecule has 0 atom stereocenters. The lowest BCUT2D eigenvalue weighted by molar-refractivity contribution is -0.120. The molecule has 3 rings (SSSR count). The van der Waals surface area contributed by atoms with Gasteiger partial charge < -0.3 is 14.8 Å². The van der Waals surface area contributed by atoms with E-state index < -0.39 is 11.9 Å². The van der Waals surface area contributed by atoms with Gasteiger partial charge in [0.15, 0.2) is 0 Å². The van der Waals surface area contributed by atoms with Gasteiger partial charge in [0.2, 0.25) is 0 Å². The third kappa shape index (κ3) is 6.76. The molecule has 8 heteroatoms. The second-order valence-corrected chi connectivity index (χ2v) is 6.98. The predicted molar refractivity (Wildman–Crippen MR) is 124 cm³/mol. The minimum absolute atomic E-state index is 0.204. The van der Waals surface area contributed by atoms with Crippen molar-refractivity contribution in [1.82, 2.24) is 10.7 Å². The third-order valence-corrected chi connectivity index (χ3v) is 4.62.